The molecule has 2 N–H and O–H groups in total. The van der Waals surface area contributed by atoms with Gasteiger partial charge in [0.05, 0.1) is 12.7 Å². The van der Waals surface area contributed by atoms with Crippen LogP contribution in [0.5, 0.6) is 11.5 Å². The predicted molar refractivity (Wildman–Crippen MR) is 142 cm³/mol. The highest BCUT2D eigenvalue weighted by atomic mass is 35.5. The van der Waals surface area contributed by atoms with Crippen LogP contribution in [0.15, 0.2) is 72.8 Å². The molecule has 184 valence electrons. The van der Waals surface area contributed by atoms with Gasteiger partial charge in [-0.25, -0.2) is 4.79 Å². The van der Waals surface area contributed by atoms with E-state index in [0.717, 1.165) is 10.4 Å². The number of thiophene rings is 1. The average Bonchev–Trinajstić information content (AvgIpc) is 3.27. The Labute approximate surface area is 222 Å². The van der Waals surface area contributed by atoms with Crippen molar-refractivity contribution in [3.63, 3.8) is 0 Å². The van der Waals surface area contributed by atoms with Gasteiger partial charge >= 0.3 is 5.97 Å². The fourth-order valence-electron chi connectivity index (χ4n) is 3.43. The van der Waals surface area contributed by atoms with Gasteiger partial charge in [-0.1, -0.05) is 41.4 Å². The monoisotopic (exact) mass is 541 g/mol. The first-order valence-corrected chi connectivity index (χ1v) is 12.4. The van der Waals surface area contributed by atoms with Crippen molar-refractivity contribution in [3.05, 3.63) is 110 Å². The van der Waals surface area contributed by atoms with Crippen LogP contribution in [-0.2, 0) is 13.0 Å². The van der Waals surface area contributed by atoms with Crippen molar-refractivity contribution in [2.24, 2.45) is 0 Å². The summed E-state index contributed by atoms with van der Waals surface area (Å²) in [6.07, 6.45) is 0.500. The lowest BCUT2D eigenvalue weighted by molar-refractivity contribution is 0.0698. The molecular formula is C27H21Cl2NO5S. The maximum atomic E-state index is 12.6. The highest BCUT2D eigenvalue weighted by molar-refractivity contribution is 7.16. The van der Waals surface area contributed by atoms with Crippen molar-refractivity contribution < 1.29 is 24.2 Å². The van der Waals surface area contributed by atoms with E-state index in [2.05, 4.69) is 5.32 Å². The Balaban J connectivity index is 1.43. The maximum absolute atomic E-state index is 12.6. The first kappa shape index (κ1) is 25.6. The maximum Gasteiger partial charge on any atom is 0.338 e. The number of ether oxygens (including phenoxy) is 2. The minimum absolute atomic E-state index is 0.0495. The summed E-state index contributed by atoms with van der Waals surface area (Å²) in [5.74, 6) is -0.224. The van der Waals surface area contributed by atoms with Crippen molar-refractivity contribution in [3.8, 4) is 11.5 Å². The van der Waals surface area contributed by atoms with Gasteiger partial charge in [-0.3, -0.25) is 4.79 Å². The number of benzene rings is 3. The average molecular weight is 542 g/mol. The Morgan fingerprint density at radius 3 is 2.19 bits per heavy atom. The number of anilines is 1. The second-order valence-corrected chi connectivity index (χ2v) is 9.70. The number of carbonyl (C=O) groups excluding carboxylic acids is 1. The van der Waals surface area contributed by atoms with Crippen molar-refractivity contribution in [1.29, 1.82) is 0 Å². The number of amides is 1. The molecule has 3 aromatic carbocycles. The fraction of sp³-hybridized carbons (Fsp3) is 0.111. The van der Waals surface area contributed by atoms with Crippen molar-refractivity contribution in [2.45, 2.75) is 13.0 Å². The molecule has 1 heterocycles. The summed E-state index contributed by atoms with van der Waals surface area (Å²) >= 11 is 13.6. The van der Waals surface area contributed by atoms with Crippen molar-refractivity contribution in [1.82, 2.24) is 0 Å². The largest absolute Gasteiger partial charge is 0.497 e. The molecule has 9 heteroatoms. The molecule has 0 bridgehead atoms. The topological polar surface area (TPSA) is 84.9 Å². The van der Waals surface area contributed by atoms with Crippen LogP contribution in [0.25, 0.3) is 0 Å². The van der Waals surface area contributed by atoms with Crippen LogP contribution in [0.3, 0.4) is 0 Å². The molecule has 4 rings (SSSR count). The summed E-state index contributed by atoms with van der Waals surface area (Å²) in [4.78, 5) is 25.2. The Morgan fingerprint density at radius 1 is 0.944 bits per heavy atom. The smallest absolute Gasteiger partial charge is 0.338 e. The number of carboxylic acids is 1. The minimum Gasteiger partial charge on any atom is -0.497 e. The molecule has 0 fully saturated rings. The molecule has 0 aliphatic rings. The Kier molecular flexibility index (Phi) is 8.15. The van der Waals surface area contributed by atoms with Gasteiger partial charge in [-0.05, 0) is 60.2 Å². The lowest BCUT2D eigenvalue weighted by Crippen LogP contribution is -2.13. The van der Waals surface area contributed by atoms with Gasteiger partial charge in [0, 0.05) is 32.5 Å². The molecular weight excluding hydrogens is 521 g/mol. The van der Waals surface area contributed by atoms with Crippen LogP contribution in [-0.4, -0.2) is 24.1 Å². The summed E-state index contributed by atoms with van der Waals surface area (Å²) in [6.45, 7) is 0.238. The molecule has 0 saturated carbocycles. The summed E-state index contributed by atoms with van der Waals surface area (Å²) in [5, 5.41) is 13.7. The molecule has 4 aromatic rings. The third kappa shape index (κ3) is 6.18. The van der Waals surface area contributed by atoms with Crippen LogP contribution in [0.1, 0.15) is 36.7 Å². The Hall–Kier alpha value is -3.52. The first-order valence-electron chi connectivity index (χ1n) is 10.8. The zero-order valence-corrected chi connectivity index (χ0v) is 21.4. The Bertz CT molecular complexity index is 1360. The predicted octanol–water partition coefficient (Wildman–Crippen LogP) is 7.18. The molecule has 0 saturated heterocycles. The second kappa shape index (κ2) is 11.5. The van der Waals surface area contributed by atoms with Crippen LogP contribution >= 0.6 is 34.5 Å². The van der Waals surface area contributed by atoms with Gasteiger partial charge in [-0.2, -0.15) is 0 Å². The number of halogens is 2. The third-order valence-electron chi connectivity index (χ3n) is 5.34. The molecule has 0 aliphatic heterocycles. The van der Waals surface area contributed by atoms with Gasteiger partial charge in [0.15, 0.2) is 0 Å². The molecule has 0 spiro atoms. The van der Waals surface area contributed by atoms with E-state index < -0.39 is 11.9 Å². The zero-order chi connectivity index (χ0) is 25.7. The first-order chi connectivity index (χ1) is 17.3. The van der Waals surface area contributed by atoms with Gasteiger partial charge in [0.1, 0.15) is 23.1 Å². The normalized spacial score (nSPS) is 10.6. The Morgan fingerprint density at radius 2 is 1.58 bits per heavy atom. The van der Waals surface area contributed by atoms with Crippen molar-refractivity contribution in [2.75, 3.05) is 12.4 Å². The number of hydrogen-bond acceptors (Lipinski definition) is 5. The van der Waals surface area contributed by atoms with Crippen LogP contribution in [0.4, 0.5) is 5.00 Å². The lowest BCUT2D eigenvalue weighted by atomic mass is 10.1. The standard InChI is InChI=1S/C27H21Cl2NO5S/c1-34-18-11-7-17(8-12-18)25(31)30-26-21(27(32)33)14-20(36-26)13-16-5-9-19(10-6-16)35-15-22-23(28)3-2-4-24(22)29/h2-12,14H,13,15H2,1H3,(H,30,31)(H,32,33). The van der Waals surface area contributed by atoms with E-state index in [9.17, 15) is 14.7 Å². The van der Waals surface area contributed by atoms with Crippen LogP contribution in [0, 0.1) is 0 Å². The SMILES string of the molecule is COc1ccc(C(=O)Nc2sc(Cc3ccc(OCc4c(Cl)cccc4Cl)cc3)cc2C(=O)O)cc1. The quantitative estimate of drug-likeness (QED) is 0.234. The summed E-state index contributed by atoms with van der Waals surface area (Å²) in [7, 11) is 1.54. The molecule has 0 radical (unpaired) electrons. The number of carbonyl (C=O) groups is 2. The molecule has 1 amide bonds. The van der Waals surface area contributed by atoms with E-state index >= 15 is 0 Å². The third-order valence-corrected chi connectivity index (χ3v) is 7.10. The van der Waals surface area contributed by atoms with E-state index in [-0.39, 0.29) is 17.2 Å². The molecule has 0 atom stereocenters. The molecule has 36 heavy (non-hydrogen) atoms. The summed E-state index contributed by atoms with van der Waals surface area (Å²) in [5.41, 5.74) is 2.13. The van der Waals surface area contributed by atoms with Crippen LogP contribution < -0.4 is 14.8 Å². The number of hydrogen-bond donors (Lipinski definition) is 2. The van der Waals surface area contributed by atoms with E-state index in [1.165, 1.54) is 11.3 Å². The van der Waals surface area contributed by atoms with Crippen molar-refractivity contribution >= 4 is 51.4 Å². The van der Waals surface area contributed by atoms with E-state index in [1.807, 2.05) is 24.3 Å². The van der Waals surface area contributed by atoms with E-state index in [1.54, 1.807) is 55.6 Å². The number of nitrogens with one attached hydrogen (secondary N) is 1. The second-order valence-electron chi connectivity index (χ2n) is 7.75. The van der Waals surface area contributed by atoms with E-state index in [4.69, 9.17) is 32.7 Å². The zero-order valence-electron chi connectivity index (χ0n) is 19.1. The number of methoxy groups -OCH3 is 1. The molecule has 1 aromatic heterocycles. The number of aromatic carboxylic acids is 1. The van der Waals surface area contributed by atoms with Gasteiger partial charge in [-0.15, -0.1) is 11.3 Å². The number of carboxylic acid groups (broad SMARTS) is 1. The molecule has 0 unspecified atom stereocenters. The number of rotatable bonds is 9. The van der Waals surface area contributed by atoms with Gasteiger partial charge in [0.2, 0.25) is 0 Å². The van der Waals surface area contributed by atoms with Gasteiger partial charge < -0.3 is 19.9 Å². The molecule has 0 aliphatic carbocycles. The minimum atomic E-state index is -1.11. The highest BCUT2D eigenvalue weighted by Crippen LogP contribution is 2.31. The van der Waals surface area contributed by atoms with E-state index in [0.29, 0.717) is 39.1 Å². The lowest BCUT2D eigenvalue weighted by Gasteiger charge is -2.10. The molecule has 6 nitrogen and oxygen atoms in total. The fourth-order valence-corrected chi connectivity index (χ4v) is 5.01. The van der Waals surface area contributed by atoms with Gasteiger partial charge in [0.25, 0.3) is 5.91 Å². The highest BCUT2D eigenvalue weighted by Gasteiger charge is 2.18. The summed E-state index contributed by atoms with van der Waals surface area (Å²) in [6, 6.07) is 20.9. The van der Waals surface area contributed by atoms with Crippen LogP contribution in [0.2, 0.25) is 10.0 Å². The summed E-state index contributed by atoms with van der Waals surface area (Å²) < 4.78 is 10.9.